The second-order valence-electron chi connectivity index (χ2n) is 5.57. The van der Waals surface area contributed by atoms with Crippen LogP contribution in [0.3, 0.4) is 0 Å². The maximum atomic E-state index is 4.14. The van der Waals surface area contributed by atoms with Gasteiger partial charge in [-0.05, 0) is 19.4 Å². The second-order valence-corrected chi connectivity index (χ2v) is 5.57. The molecule has 0 bridgehead atoms. The molecule has 1 N–H and O–H groups in total. The molecule has 1 aliphatic heterocycles. The van der Waals surface area contributed by atoms with Gasteiger partial charge in [0.15, 0.2) is 0 Å². The normalized spacial score (nSPS) is 21.7. The molecule has 2 rings (SSSR count). The minimum Gasteiger partial charge on any atom is -0.321 e. The van der Waals surface area contributed by atoms with Crippen LogP contribution in [0, 0.1) is 0 Å². The van der Waals surface area contributed by atoms with E-state index in [0.717, 1.165) is 25.3 Å². The summed E-state index contributed by atoms with van der Waals surface area (Å²) in [7, 11) is 2.01. The first kappa shape index (κ1) is 13.5. The monoisotopic (exact) mass is 251 g/mol. The van der Waals surface area contributed by atoms with Gasteiger partial charge < -0.3 is 14.8 Å². The summed E-state index contributed by atoms with van der Waals surface area (Å²) in [5.74, 6) is 1.08. The van der Waals surface area contributed by atoms with E-state index < -0.39 is 0 Å². The number of nitrogens with zero attached hydrogens (tertiary/aromatic N) is 4. The van der Waals surface area contributed by atoms with Crippen molar-refractivity contribution < 1.29 is 0 Å². The highest BCUT2D eigenvalue weighted by Crippen LogP contribution is 2.11. The number of aryl methyl sites for hydroxylation is 1. The average Bonchev–Trinajstić information content (AvgIpc) is 2.72. The van der Waals surface area contributed by atoms with E-state index in [1.54, 1.807) is 6.33 Å². The lowest BCUT2D eigenvalue weighted by Crippen LogP contribution is -2.48. The number of aromatic nitrogens is 3. The number of rotatable bonds is 5. The predicted molar refractivity (Wildman–Crippen MR) is 72.4 cm³/mol. The van der Waals surface area contributed by atoms with Crippen molar-refractivity contribution in [2.24, 2.45) is 7.05 Å². The summed E-state index contributed by atoms with van der Waals surface area (Å²) in [4.78, 5) is 2.54. The van der Waals surface area contributed by atoms with Crippen molar-refractivity contribution in [2.45, 2.75) is 45.2 Å². The van der Waals surface area contributed by atoms with Crippen LogP contribution in [0.4, 0.5) is 0 Å². The van der Waals surface area contributed by atoms with Crippen molar-refractivity contribution in [2.75, 3.05) is 19.6 Å². The Balaban J connectivity index is 1.77. The van der Waals surface area contributed by atoms with Gasteiger partial charge in [-0.1, -0.05) is 13.8 Å². The summed E-state index contributed by atoms with van der Waals surface area (Å²) in [6.07, 6.45) is 5.36. The first-order valence-electron chi connectivity index (χ1n) is 6.96. The Kier molecular flexibility index (Phi) is 4.72. The van der Waals surface area contributed by atoms with Crippen LogP contribution < -0.4 is 5.32 Å². The Morgan fingerprint density at radius 1 is 1.50 bits per heavy atom. The molecule has 1 fully saturated rings. The second kappa shape index (κ2) is 6.29. The highest BCUT2D eigenvalue weighted by Gasteiger charge is 2.20. The molecule has 1 saturated heterocycles. The Bertz CT molecular complexity index is 360. The molecule has 2 heterocycles. The topological polar surface area (TPSA) is 46.0 Å². The molecule has 102 valence electrons. The van der Waals surface area contributed by atoms with E-state index in [2.05, 4.69) is 34.3 Å². The van der Waals surface area contributed by atoms with Crippen LogP contribution in [0.25, 0.3) is 0 Å². The van der Waals surface area contributed by atoms with E-state index in [9.17, 15) is 0 Å². The van der Waals surface area contributed by atoms with Gasteiger partial charge in [0.2, 0.25) is 0 Å². The summed E-state index contributed by atoms with van der Waals surface area (Å²) >= 11 is 0. The number of hydrogen-bond donors (Lipinski definition) is 1. The Morgan fingerprint density at radius 2 is 2.33 bits per heavy atom. The molecule has 5 nitrogen and oxygen atoms in total. The van der Waals surface area contributed by atoms with Crippen LogP contribution in [0.2, 0.25) is 0 Å². The van der Waals surface area contributed by atoms with Gasteiger partial charge in [-0.3, -0.25) is 0 Å². The third-order valence-electron chi connectivity index (χ3n) is 3.53. The lowest BCUT2D eigenvalue weighted by atomic mass is 10.0. The number of hydrogen-bond acceptors (Lipinski definition) is 4. The summed E-state index contributed by atoms with van der Waals surface area (Å²) in [5, 5.41) is 11.7. The van der Waals surface area contributed by atoms with Crippen LogP contribution in [0.15, 0.2) is 6.33 Å². The highest BCUT2D eigenvalue weighted by atomic mass is 15.3. The average molecular weight is 251 g/mol. The molecule has 5 heteroatoms. The van der Waals surface area contributed by atoms with Crippen LogP contribution in [-0.2, 0) is 13.5 Å². The minimum absolute atomic E-state index is 0.577. The van der Waals surface area contributed by atoms with Crippen molar-refractivity contribution in [3.63, 3.8) is 0 Å². The maximum absolute atomic E-state index is 4.14. The fraction of sp³-hybridized carbons (Fsp3) is 0.846. The zero-order chi connectivity index (χ0) is 13.0. The van der Waals surface area contributed by atoms with Gasteiger partial charge in [0.05, 0.1) is 0 Å². The van der Waals surface area contributed by atoms with Gasteiger partial charge in [0.25, 0.3) is 0 Å². The van der Waals surface area contributed by atoms with Crippen molar-refractivity contribution in [3.05, 3.63) is 12.2 Å². The molecule has 0 radical (unpaired) electrons. The number of nitrogens with one attached hydrogen (secondary N) is 1. The zero-order valence-corrected chi connectivity index (χ0v) is 11.8. The first-order chi connectivity index (χ1) is 8.65. The SMILES string of the molecule is CC(C)NC1CCCN(CCc2nncn2C)C1. The molecular formula is C13H25N5. The third kappa shape index (κ3) is 3.78. The predicted octanol–water partition coefficient (Wildman–Crippen LogP) is 0.820. The minimum atomic E-state index is 0.577. The van der Waals surface area contributed by atoms with E-state index in [0.29, 0.717) is 12.1 Å². The van der Waals surface area contributed by atoms with Crippen LogP contribution in [0.5, 0.6) is 0 Å². The Hall–Kier alpha value is -0.940. The van der Waals surface area contributed by atoms with Crippen LogP contribution >= 0.6 is 0 Å². The van der Waals surface area contributed by atoms with Gasteiger partial charge in [0, 0.05) is 38.6 Å². The van der Waals surface area contributed by atoms with Gasteiger partial charge in [-0.25, -0.2) is 0 Å². The lowest BCUT2D eigenvalue weighted by molar-refractivity contribution is 0.186. The van der Waals surface area contributed by atoms with Gasteiger partial charge in [-0.15, -0.1) is 10.2 Å². The smallest absolute Gasteiger partial charge is 0.133 e. The van der Waals surface area contributed by atoms with Crippen LogP contribution in [-0.4, -0.2) is 51.4 Å². The molecule has 0 spiro atoms. The summed E-state index contributed by atoms with van der Waals surface area (Å²) < 4.78 is 2.01. The molecule has 0 saturated carbocycles. The van der Waals surface area contributed by atoms with E-state index in [-0.39, 0.29) is 0 Å². The van der Waals surface area contributed by atoms with Crippen molar-refractivity contribution in [1.82, 2.24) is 25.0 Å². The lowest BCUT2D eigenvalue weighted by Gasteiger charge is -2.34. The quantitative estimate of drug-likeness (QED) is 0.841. The van der Waals surface area contributed by atoms with Crippen molar-refractivity contribution in [1.29, 1.82) is 0 Å². The van der Waals surface area contributed by atoms with Crippen molar-refractivity contribution in [3.8, 4) is 0 Å². The maximum Gasteiger partial charge on any atom is 0.133 e. The molecule has 0 aromatic carbocycles. The van der Waals surface area contributed by atoms with E-state index in [1.165, 1.54) is 19.4 Å². The first-order valence-corrected chi connectivity index (χ1v) is 6.96. The van der Waals surface area contributed by atoms with Gasteiger partial charge in [0.1, 0.15) is 12.2 Å². The zero-order valence-electron chi connectivity index (χ0n) is 11.8. The van der Waals surface area contributed by atoms with Gasteiger partial charge >= 0.3 is 0 Å². The fourth-order valence-corrected chi connectivity index (χ4v) is 2.66. The molecule has 0 aliphatic carbocycles. The Labute approximate surface area is 110 Å². The number of piperidine rings is 1. The molecule has 1 aromatic rings. The van der Waals surface area contributed by atoms with E-state index >= 15 is 0 Å². The summed E-state index contributed by atoms with van der Waals surface area (Å²) in [6.45, 7) is 7.91. The molecule has 1 unspecified atom stereocenters. The largest absolute Gasteiger partial charge is 0.321 e. The van der Waals surface area contributed by atoms with Crippen molar-refractivity contribution >= 4 is 0 Å². The van der Waals surface area contributed by atoms with Crippen LogP contribution in [0.1, 0.15) is 32.5 Å². The standard InChI is InChI=1S/C13H25N5/c1-11(2)15-12-5-4-7-18(9-12)8-6-13-16-14-10-17(13)3/h10-12,15H,4-9H2,1-3H3. The molecule has 1 aromatic heterocycles. The van der Waals surface area contributed by atoms with Gasteiger partial charge in [-0.2, -0.15) is 0 Å². The molecule has 1 atom stereocenters. The highest BCUT2D eigenvalue weighted by molar-refractivity contribution is 4.87. The summed E-state index contributed by atoms with van der Waals surface area (Å²) in [6, 6.07) is 1.23. The molecular weight excluding hydrogens is 226 g/mol. The third-order valence-corrected chi connectivity index (χ3v) is 3.53. The molecule has 18 heavy (non-hydrogen) atoms. The van der Waals surface area contributed by atoms with E-state index in [4.69, 9.17) is 0 Å². The summed E-state index contributed by atoms with van der Waals surface area (Å²) in [5.41, 5.74) is 0. The number of likely N-dealkylation sites (tertiary alicyclic amines) is 1. The molecule has 0 amide bonds. The van der Waals surface area contributed by atoms with E-state index in [1.807, 2.05) is 11.6 Å². The molecule has 1 aliphatic rings. The Morgan fingerprint density at radius 3 is 3.00 bits per heavy atom. The fourth-order valence-electron chi connectivity index (χ4n) is 2.66.